The van der Waals surface area contributed by atoms with Crippen LogP contribution in [0, 0.1) is 0 Å². The van der Waals surface area contributed by atoms with Gasteiger partial charge in [0, 0.05) is 0 Å². The quantitative estimate of drug-likeness (QED) is 0.531. The van der Waals surface area contributed by atoms with Crippen molar-refractivity contribution in [3.63, 3.8) is 0 Å². The van der Waals surface area contributed by atoms with Crippen LogP contribution in [0.4, 0.5) is 12.1 Å². The molecule has 0 heterocycles. The molecule has 7 heteroatoms. The zero-order valence-corrected chi connectivity index (χ0v) is 9.10. The predicted octanol–water partition coefficient (Wildman–Crippen LogP) is 3.37. The fraction of sp³-hybridized carbons (Fsp3) is 0. The summed E-state index contributed by atoms with van der Waals surface area (Å²) >= 11 is -6.65. The second kappa shape index (κ2) is 1.13. The second-order valence-corrected chi connectivity index (χ2v) is 39.0. The molecular formula is Br2F4Ta-. The molecule has 0 aliphatic rings. The van der Waals surface area contributed by atoms with E-state index < -0.39 is 12.4 Å². The zero-order chi connectivity index (χ0) is 6.41. The molecule has 0 spiro atoms. The van der Waals surface area contributed by atoms with Crippen molar-refractivity contribution in [3.05, 3.63) is 0 Å². The standard InChI is InChI=1S/2BrH.4FH.Ta/h6*1H;/q;;;;;;+5/p-6. The summed E-state index contributed by atoms with van der Waals surface area (Å²) in [5.74, 6) is 0. The van der Waals surface area contributed by atoms with Crippen molar-refractivity contribution in [1.82, 2.24) is 0 Å². The average molecular weight is 417 g/mol. The van der Waals surface area contributed by atoms with Gasteiger partial charge in [0.05, 0.1) is 0 Å². The van der Waals surface area contributed by atoms with Crippen LogP contribution in [-0.4, -0.2) is 0 Å². The van der Waals surface area contributed by atoms with Crippen LogP contribution in [0.5, 0.6) is 0 Å². The molecular weight excluding hydrogens is 417 g/mol. The van der Waals surface area contributed by atoms with Gasteiger partial charge in [-0.1, -0.05) is 0 Å². The van der Waals surface area contributed by atoms with Crippen molar-refractivity contribution in [1.29, 1.82) is 0 Å². The van der Waals surface area contributed by atoms with E-state index >= 15 is 0 Å². The molecule has 0 atom stereocenters. The predicted molar refractivity (Wildman–Crippen MR) is 22.3 cm³/mol. The van der Waals surface area contributed by atoms with Crippen LogP contribution in [0.15, 0.2) is 0 Å². The van der Waals surface area contributed by atoms with Gasteiger partial charge >= 0.3 is 50.6 Å². The molecule has 0 aliphatic carbocycles. The number of halogens is 6. The van der Waals surface area contributed by atoms with E-state index in [2.05, 4.69) is 0 Å². The molecule has 0 aromatic rings. The maximum atomic E-state index is 11.1. The van der Waals surface area contributed by atoms with Gasteiger partial charge in [0.25, 0.3) is 0 Å². The summed E-state index contributed by atoms with van der Waals surface area (Å²) in [5, 5.41) is 0. The third-order valence-corrected chi connectivity index (χ3v) is 0. The van der Waals surface area contributed by atoms with E-state index in [1.807, 2.05) is 0 Å². The van der Waals surface area contributed by atoms with Crippen molar-refractivity contribution < 1.29 is 24.5 Å². The van der Waals surface area contributed by atoms with Gasteiger partial charge in [-0.25, -0.2) is 0 Å². The first kappa shape index (κ1) is 8.42. The van der Waals surface area contributed by atoms with E-state index in [1.54, 1.807) is 0 Å². The summed E-state index contributed by atoms with van der Waals surface area (Å²) < 4.78 is 44.4. The van der Waals surface area contributed by atoms with Gasteiger partial charge in [0.15, 0.2) is 0 Å². The number of hydrogen-bond donors (Lipinski definition) is 0. The van der Waals surface area contributed by atoms with Crippen LogP contribution >= 0.6 is 26.0 Å². The zero-order valence-electron chi connectivity index (χ0n) is 2.72. The fourth-order valence-corrected chi connectivity index (χ4v) is 0. The van der Waals surface area contributed by atoms with Gasteiger partial charge < -0.3 is 0 Å². The van der Waals surface area contributed by atoms with E-state index in [4.69, 9.17) is 0 Å². The Kier molecular flexibility index (Phi) is 1.36. The molecule has 0 bridgehead atoms. The topological polar surface area (TPSA) is 0 Å². The molecule has 0 saturated heterocycles. The third-order valence-electron chi connectivity index (χ3n) is 0. The van der Waals surface area contributed by atoms with Crippen molar-refractivity contribution in [2.24, 2.45) is 0 Å². The van der Waals surface area contributed by atoms with E-state index in [0.29, 0.717) is 0 Å². The minimum atomic E-state index is -8.73. The van der Waals surface area contributed by atoms with E-state index in [0.717, 1.165) is 26.0 Å². The van der Waals surface area contributed by atoms with Gasteiger partial charge in [0.1, 0.15) is 0 Å². The molecule has 48 valence electrons. The molecule has 0 N–H and O–H groups in total. The molecule has 0 aromatic carbocycles. The molecule has 0 radical (unpaired) electrons. The number of rotatable bonds is 0. The van der Waals surface area contributed by atoms with Crippen LogP contribution in [-0.2, 0) is 12.4 Å². The summed E-state index contributed by atoms with van der Waals surface area (Å²) in [6, 6.07) is 0. The van der Waals surface area contributed by atoms with Crippen molar-refractivity contribution >= 4 is 26.0 Å². The minimum absolute atomic E-state index is 1.04. The molecule has 0 aliphatic heterocycles. The molecule has 0 aromatic heterocycles. The average Bonchev–Trinajstić information content (AvgIpc) is 0.592. The van der Waals surface area contributed by atoms with Crippen LogP contribution in [0.3, 0.4) is 0 Å². The molecule has 0 amide bonds. The Labute approximate surface area is 50.4 Å². The van der Waals surface area contributed by atoms with E-state index in [1.165, 1.54) is 0 Å². The Morgan fingerprint density at radius 2 is 0.857 bits per heavy atom. The normalized spacial score (nSPS) is 23.1. The first-order valence-corrected chi connectivity index (χ1v) is 19.9. The summed E-state index contributed by atoms with van der Waals surface area (Å²) in [6.45, 7) is 0. The van der Waals surface area contributed by atoms with Gasteiger partial charge in [0.2, 0.25) is 0 Å². The summed E-state index contributed by atoms with van der Waals surface area (Å²) in [6.07, 6.45) is 0. The summed E-state index contributed by atoms with van der Waals surface area (Å²) in [4.78, 5) is 0. The molecule has 0 unspecified atom stereocenters. The molecule has 0 rings (SSSR count). The van der Waals surface area contributed by atoms with Crippen molar-refractivity contribution in [2.45, 2.75) is 0 Å². The fourth-order valence-electron chi connectivity index (χ4n) is 0. The van der Waals surface area contributed by atoms with Crippen LogP contribution in [0.2, 0.25) is 0 Å². The van der Waals surface area contributed by atoms with Gasteiger partial charge in [-0.05, 0) is 0 Å². The second-order valence-electron chi connectivity index (χ2n) is 0.958. The first-order valence-electron chi connectivity index (χ1n) is 1.01. The van der Waals surface area contributed by atoms with Gasteiger partial charge in [-0.15, -0.1) is 0 Å². The molecule has 0 saturated carbocycles. The number of hydrogen-bond acceptors (Lipinski definition) is 0. The van der Waals surface area contributed by atoms with Gasteiger partial charge in [-0.2, -0.15) is 0 Å². The van der Waals surface area contributed by atoms with Crippen LogP contribution in [0.25, 0.3) is 0 Å². The first-order chi connectivity index (χ1) is 2.45. The van der Waals surface area contributed by atoms with Crippen LogP contribution in [0.1, 0.15) is 0 Å². The van der Waals surface area contributed by atoms with Crippen LogP contribution < -0.4 is 0 Å². The Morgan fingerprint density at radius 1 is 0.857 bits per heavy atom. The van der Waals surface area contributed by atoms with E-state index in [-0.39, 0.29) is 0 Å². The van der Waals surface area contributed by atoms with Gasteiger partial charge in [-0.3, -0.25) is 0 Å². The Hall–Kier alpha value is 1.42. The Bertz CT molecular complexity index is 68.3. The third kappa shape index (κ3) is 108. The molecule has 0 nitrogen and oxygen atoms in total. The Morgan fingerprint density at radius 3 is 0.857 bits per heavy atom. The van der Waals surface area contributed by atoms with Crippen molar-refractivity contribution in [3.8, 4) is 0 Å². The maximum absolute atomic E-state index is 11.1. The summed E-state index contributed by atoms with van der Waals surface area (Å²) in [5.41, 5.74) is 0. The summed E-state index contributed by atoms with van der Waals surface area (Å²) in [7, 11) is 0. The molecule has 7 heavy (non-hydrogen) atoms. The SMILES string of the molecule is [F][Ta-]([F])([F])([F])([Br])[Br]. The Balaban J connectivity index is 4.43. The monoisotopic (exact) mass is 415 g/mol. The molecule has 0 fully saturated rings. The van der Waals surface area contributed by atoms with E-state index in [9.17, 15) is 12.1 Å². The van der Waals surface area contributed by atoms with Crippen molar-refractivity contribution in [2.75, 3.05) is 0 Å².